The van der Waals surface area contributed by atoms with E-state index in [9.17, 15) is 9.59 Å². The van der Waals surface area contributed by atoms with E-state index >= 15 is 0 Å². The molecule has 1 aliphatic rings. The first-order chi connectivity index (χ1) is 11.7. The molecule has 0 fully saturated rings. The molecule has 0 saturated heterocycles. The van der Waals surface area contributed by atoms with Gasteiger partial charge in [-0.1, -0.05) is 23.7 Å². The number of hydrogen-bond donors (Lipinski definition) is 0. The summed E-state index contributed by atoms with van der Waals surface area (Å²) >= 11 is 5.96. The zero-order valence-electron chi connectivity index (χ0n) is 14.1. The second kappa shape index (κ2) is 6.37. The van der Waals surface area contributed by atoms with Crippen LogP contribution in [0.25, 0.3) is 6.08 Å². The minimum atomic E-state index is -0.618. The fourth-order valence-corrected chi connectivity index (χ4v) is 2.44. The highest BCUT2D eigenvalue weighted by Crippen LogP contribution is 2.35. The Labute approximate surface area is 151 Å². The van der Waals surface area contributed by atoms with Crippen LogP contribution in [0.4, 0.5) is 0 Å². The van der Waals surface area contributed by atoms with Crippen molar-refractivity contribution >= 4 is 29.4 Å². The Kier molecular flexibility index (Phi) is 4.39. The molecule has 128 valence electrons. The number of halogens is 1. The molecule has 0 radical (unpaired) electrons. The van der Waals surface area contributed by atoms with Crippen LogP contribution in [0.3, 0.4) is 0 Å². The third kappa shape index (κ3) is 3.74. The SMILES string of the molecule is CC(C)(C)C(=O)Oc1ccc2c(c1)OC(=Cc1cccc(Cl)c1)C2=O. The van der Waals surface area contributed by atoms with Crippen molar-refractivity contribution in [3.8, 4) is 11.5 Å². The molecule has 0 saturated carbocycles. The van der Waals surface area contributed by atoms with Crippen molar-refractivity contribution in [1.29, 1.82) is 0 Å². The Hall–Kier alpha value is -2.59. The molecule has 0 spiro atoms. The van der Waals surface area contributed by atoms with E-state index in [0.29, 0.717) is 22.1 Å². The summed E-state index contributed by atoms with van der Waals surface area (Å²) in [4.78, 5) is 24.4. The number of carbonyl (C=O) groups is 2. The molecule has 0 aliphatic carbocycles. The van der Waals surface area contributed by atoms with E-state index in [1.165, 1.54) is 0 Å². The van der Waals surface area contributed by atoms with Crippen LogP contribution in [0.5, 0.6) is 11.5 Å². The molecular formula is C20H17ClO4. The van der Waals surface area contributed by atoms with Gasteiger partial charge in [0.15, 0.2) is 5.76 Å². The fourth-order valence-electron chi connectivity index (χ4n) is 2.24. The van der Waals surface area contributed by atoms with Gasteiger partial charge >= 0.3 is 5.97 Å². The Morgan fingerprint density at radius 1 is 1.16 bits per heavy atom. The quantitative estimate of drug-likeness (QED) is 0.436. The second-order valence-electron chi connectivity index (χ2n) is 6.79. The van der Waals surface area contributed by atoms with Gasteiger partial charge in [0.1, 0.15) is 11.5 Å². The maximum atomic E-state index is 12.4. The second-order valence-corrected chi connectivity index (χ2v) is 7.23. The number of fused-ring (bicyclic) bond motifs is 1. The number of benzene rings is 2. The first-order valence-electron chi connectivity index (χ1n) is 7.80. The number of carbonyl (C=O) groups excluding carboxylic acids is 2. The fraction of sp³-hybridized carbons (Fsp3) is 0.200. The van der Waals surface area contributed by atoms with Crippen LogP contribution in [-0.4, -0.2) is 11.8 Å². The van der Waals surface area contributed by atoms with E-state index in [1.54, 1.807) is 63.2 Å². The van der Waals surface area contributed by atoms with Crippen LogP contribution in [0.15, 0.2) is 48.2 Å². The molecule has 25 heavy (non-hydrogen) atoms. The van der Waals surface area contributed by atoms with Crippen molar-refractivity contribution in [2.75, 3.05) is 0 Å². The predicted molar refractivity (Wildman–Crippen MR) is 95.9 cm³/mol. The maximum absolute atomic E-state index is 12.4. The van der Waals surface area contributed by atoms with Crippen LogP contribution in [0.1, 0.15) is 36.7 Å². The summed E-state index contributed by atoms with van der Waals surface area (Å²) in [7, 11) is 0. The summed E-state index contributed by atoms with van der Waals surface area (Å²) in [6.07, 6.45) is 1.63. The van der Waals surface area contributed by atoms with Crippen molar-refractivity contribution in [3.05, 3.63) is 64.4 Å². The van der Waals surface area contributed by atoms with Gasteiger partial charge in [-0.05, 0) is 56.7 Å². The first kappa shape index (κ1) is 17.2. The normalized spacial score (nSPS) is 15.0. The number of allylic oxidation sites excluding steroid dienone is 1. The lowest BCUT2D eigenvalue weighted by atomic mass is 9.97. The Morgan fingerprint density at radius 3 is 2.60 bits per heavy atom. The van der Waals surface area contributed by atoms with Crippen LogP contribution in [-0.2, 0) is 4.79 Å². The highest BCUT2D eigenvalue weighted by Gasteiger charge is 2.29. The van der Waals surface area contributed by atoms with E-state index in [2.05, 4.69) is 0 Å². The van der Waals surface area contributed by atoms with Gasteiger partial charge in [-0.3, -0.25) is 9.59 Å². The standard InChI is InChI=1S/C20H17ClO4/c1-20(2,3)19(23)24-14-7-8-15-16(11-14)25-17(18(15)22)10-12-5-4-6-13(21)9-12/h4-11H,1-3H3. The van der Waals surface area contributed by atoms with E-state index < -0.39 is 5.41 Å². The van der Waals surface area contributed by atoms with Crippen molar-refractivity contribution in [1.82, 2.24) is 0 Å². The van der Waals surface area contributed by atoms with Gasteiger partial charge in [0.25, 0.3) is 0 Å². The number of esters is 1. The number of rotatable bonds is 2. The lowest BCUT2D eigenvalue weighted by Gasteiger charge is -2.16. The number of ether oxygens (including phenoxy) is 2. The third-order valence-electron chi connectivity index (χ3n) is 3.61. The molecule has 0 N–H and O–H groups in total. The molecule has 0 atom stereocenters. The van der Waals surface area contributed by atoms with Crippen LogP contribution in [0, 0.1) is 5.41 Å². The van der Waals surface area contributed by atoms with Crippen molar-refractivity contribution in [2.45, 2.75) is 20.8 Å². The highest BCUT2D eigenvalue weighted by atomic mass is 35.5. The van der Waals surface area contributed by atoms with Gasteiger partial charge in [0.05, 0.1) is 11.0 Å². The minimum Gasteiger partial charge on any atom is -0.452 e. The molecule has 4 nitrogen and oxygen atoms in total. The van der Waals surface area contributed by atoms with Gasteiger partial charge in [0, 0.05) is 11.1 Å². The smallest absolute Gasteiger partial charge is 0.316 e. The molecular weight excluding hydrogens is 340 g/mol. The van der Waals surface area contributed by atoms with Gasteiger partial charge in [-0.25, -0.2) is 0 Å². The summed E-state index contributed by atoms with van der Waals surface area (Å²) in [5.41, 5.74) is 0.583. The molecule has 2 aromatic carbocycles. The topological polar surface area (TPSA) is 52.6 Å². The minimum absolute atomic E-state index is 0.205. The molecule has 0 aromatic heterocycles. The zero-order chi connectivity index (χ0) is 18.2. The molecule has 1 heterocycles. The first-order valence-corrected chi connectivity index (χ1v) is 8.18. The number of Topliss-reactive ketones (excluding diaryl/α,β-unsaturated/α-hetero) is 1. The number of hydrogen-bond acceptors (Lipinski definition) is 4. The lowest BCUT2D eigenvalue weighted by Crippen LogP contribution is -2.25. The monoisotopic (exact) mass is 356 g/mol. The van der Waals surface area contributed by atoms with Crippen LogP contribution < -0.4 is 9.47 Å². The molecule has 0 amide bonds. The van der Waals surface area contributed by atoms with Gasteiger partial charge in [-0.15, -0.1) is 0 Å². The largest absolute Gasteiger partial charge is 0.452 e. The molecule has 2 aromatic rings. The van der Waals surface area contributed by atoms with E-state index in [0.717, 1.165) is 5.56 Å². The van der Waals surface area contributed by atoms with Crippen molar-refractivity contribution in [2.24, 2.45) is 5.41 Å². The lowest BCUT2D eigenvalue weighted by molar-refractivity contribution is -0.142. The average Bonchev–Trinajstić information content (AvgIpc) is 2.82. The molecule has 1 aliphatic heterocycles. The summed E-state index contributed by atoms with van der Waals surface area (Å²) in [5, 5.41) is 0.577. The average molecular weight is 357 g/mol. The van der Waals surface area contributed by atoms with Crippen molar-refractivity contribution in [3.63, 3.8) is 0 Å². The summed E-state index contributed by atoms with van der Waals surface area (Å²) in [5.74, 6) is 0.347. The zero-order valence-corrected chi connectivity index (χ0v) is 14.9. The summed E-state index contributed by atoms with van der Waals surface area (Å²) in [6.45, 7) is 5.32. The summed E-state index contributed by atoms with van der Waals surface area (Å²) < 4.78 is 11.0. The molecule has 0 unspecified atom stereocenters. The predicted octanol–water partition coefficient (Wildman–Crippen LogP) is 4.91. The van der Waals surface area contributed by atoms with E-state index in [-0.39, 0.29) is 17.5 Å². The Morgan fingerprint density at radius 2 is 1.92 bits per heavy atom. The highest BCUT2D eigenvalue weighted by molar-refractivity contribution is 6.30. The van der Waals surface area contributed by atoms with E-state index in [1.807, 2.05) is 6.07 Å². The molecule has 3 rings (SSSR count). The van der Waals surface area contributed by atoms with Gasteiger partial charge in [0.2, 0.25) is 5.78 Å². The molecule has 5 heteroatoms. The maximum Gasteiger partial charge on any atom is 0.316 e. The van der Waals surface area contributed by atoms with Crippen LogP contribution in [0.2, 0.25) is 5.02 Å². The van der Waals surface area contributed by atoms with Gasteiger partial charge < -0.3 is 9.47 Å². The van der Waals surface area contributed by atoms with E-state index in [4.69, 9.17) is 21.1 Å². The third-order valence-corrected chi connectivity index (χ3v) is 3.85. The van der Waals surface area contributed by atoms with Gasteiger partial charge in [-0.2, -0.15) is 0 Å². The van der Waals surface area contributed by atoms with Crippen molar-refractivity contribution < 1.29 is 19.1 Å². The number of ketones is 1. The van der Waals surface area contributed by atoms with Crippen LogP contribution >= 0.6 is 11.6 Å². The molecule has 0 bridgehead atoms. The summed E-state index contributed by atoms with van der Waals surface area (Å²) in [6, 6.07) is 11.9. The Balaban J connectivity index is 1.85. The Bertz CT molecular complexity index is 891.